The molecule has 0 saturated carbocycles. The van der Waals surface area contributed by atoms with Crippen LogP contribution in [0.15, 0.2) is 0 Å². The van der Waals surface area contributed by atoms with Crippen LogP contribution in [0, 0.1) is 0 Å². The van der Waals surface area contributed by atoms with Gasteiger partial charge in [0.25, 0.3) is 0 Å². The lowest BCUT2D eigenvalue weighted by atomic mass is 9.91. The zero-order valence-electron chi connectivity index (χ0n) is 9.85. The van der Waals surface area contributed by atoms with Crippen LogP contribution in [0.25, 0.3) is 0 Å². The van der Waals surface area contributed by atoms with Crippen molar-refractivity contribution in [1.29, 1.82) is 0 Å². The number of rotatable bonds is 6. The van der Waals surface area contributed by atoms with E-state index in [-0.39, 0.29) is 5.54 Å². The van der Waals surface area contributed by atoms with Gasteiger partial charge in [-0.3, -0.25) is 4.90 Å². The Morgan fingerprint density at radius 1 is 1.21 bits per heavy atom. The summed E-state index contributed by atoms with van der Waals surface area (Å²) >= 11 is 0. The van der Waals surface area contributed by atoms with Gasteiger partial charge in [-0.2, -0.15) is 0 Å². The predicted molar refractivity (Wildman–Crippen MR) is 59.3 cm³/mol. The van der Waals surface area contributed by atoms with Crippen molar-refractivity contribution in [2.75, 3.05) is 13.1 Å². The number of halogens is 1. The summed E-state index contributed by atoms with van der Waals surface area (Å²) in [5.74, 6) is 0. The first-order valence-corrected chi connectivity index (χ1v) is 5.95. The molecule has 0 radical (unpaired) electrons. The largest absolute Gasteiger partial charge is 0.292 e. The monoisotopic (exact) mass is 201 g/mol. The molecule has 0 atom stereocenters. The molecule has 1 saturated heterocycles. The maximum absolute atomic E-state index is 12.7. The van der Waals surface area contributed by atoms with E-state index in [0.717, 1.165) is 0 Å². The predicted octanol–water partition coefficient (Wildman–Crippen LogP) is 3.39. The minimum atomic E-state index is -0.565. The molecule has 1 aliphatic rings. The summed E-state index contributed by atoms with van der Waals surface area (Å²) in [4.78, 5) is 2.27. The molecule has 0 aromatic heterocycles. The smallest absolute Gasteiger partial charge is 0.125 e. The minimum absolute atomic E-state index is 0.219. The highest BCUT2D eigenvalue weighted by molar-refractivity contribution is 4.91. The molecule has 14 heavy (non-hydrogen) atoms. The number of hydrogen-bond acceptors (Lipinski definition) is 1. The van der Waals surface area contributed by atoms with Crippen molar-refractivity contribution in [1.82, 2.24) is 4.90 Å². The van der Waals surface area contributed by atoms with Gasteiger partial charge < -0.3 is 0 Å². The third-order valence-corrected chi connectivity index (χ3v) is 3.34. The molecule has 1 rings (SSSR count). The lowest BCUT2D eigenvalue weighted by molar-refractivity contribution is -0.0185. The third kappa shape index (κ3) is 3.23. The number of unbranched alkanes of at least 4 members (excludes halogenated alkanes) is 3. The molecule has 1 aliphatic heterocycles. The third-order valence-electron chi connectivity index (χ3n) is 3.34. The van der Waals surface area contributed by atoms with Crippen LogP contribution in [0.2, 0.25) is 0 Å². The first-order chi connectivity index (χ1) is 6.56. The molecular weight excluding hydrogens is 177 g/mol. The van der Waals surface area contributed by atoms with E-state index >= 15 is 0 Å². The fourth-order valence-electron chi connectivity index (χ4n) is 2.06. The Morgan fingerprint density at radius 3 is 2.36 bits per heavy atom. The summed E-state index contributed by atoms with van der Waals surface area (Å²) in [6, 6.07) is 0. The van der Waals surface area contributed by atoms with E-state index in [2.05, 4.69) is 25.7 Å². The van der Waals surface area contributed by atoms with Crippen LogP contribution >= 0.6 is 0 Å². The van der Waals surface area contributed by atoms with Crippen molar-refractivity contribution in [2.24, 2.45) is 0 Å². The SMILES string of the molecule is CCCCCCC(C)(C)N1CC(F)C1. The van der Waals surface area contributed by atoms with Crippen LogP contribution in [-0.4, -0.2) is 29.7 Å². The average Bonchev–Trinajstić information content (AvgIpc) is 2.07. The van der Waals surface area contributed by atoms with Crippen LogP contribution in [0.1, 0.15) is 52.9 Å². The van der Waals surface area contributed by atoms with Gasteiger partial charge >= 0.3 is 0 Å². The maximum Gasteiger partial charge on any atom is 0.125 e. The summed E-state index contributed by atoms with van der Waals surface area (Å²) < 4.78 is 12.7. The quantitative estimate of drug-likeness (QED) is 0.595. The highest BCUT2D eigenvalue weighted by atomic mass is 19.1. The zero-order valence-corrected chi connectivity index (χ0v) is 9.85. The molecule has 0 spiro atoms. The first-order valence-electron chi connectivity index (χ1n) is 5.95. The van der Waals surface area contributed by atoms with Crippen molar-refractivity contribution < 1.29 is 4.39 Å². The Bertz CT molecular complexity index is 162. The number of likely N-dealkylation sites (tertiary alicyclic amines) is 1. The Balaban J connectivity index is 2.14. The average molecular weight is 201 g/mol. The van der Waals surface area contributed by atoms with Gasteiger partial charge in [-0.15, -0.1) is 0 Å². The molecule has 0 aromatic rings. The van der Waals surface area contributed by atoms with Crippen LogP contribution < -0.4 is 0 Å². The molecule has 2 heteroatoms. The van der Waals surface area contributed by atoms with Gasteiger partial charge in [0.15, 0.2) is 0 Å². The number of nitrogens with zero attached hydrogens (tertiary/aromatic N) is 1. The summed E-state index contributed by atoms with van der Waals surface area (Å²) in [5.41, 5.74) is 0.219. The second-order valence-corrected chi connectivity index (χ2v) is 5.13. The minimum Gasteiger partial charge on any atom is -0.292 e. The molecule has 0 aromatic carbocycles. The Morgan fingerprint density at radius 2 is 1.86 bits per heavy atom. The summed E-state index contributed by atoms with van der Waals surface area (Å²) in [6.45, 7) is 8.02. The van der Waals surface area contributed by atoms with Crippen LogP contribution in [-0.2, 0) is 0 Å². The molecule has 0 N–H and O–H groups in total. The van der Waals surface area contributed by atoms with Gasteiger partial charge in [0.1, 0.15) is 6.17 Å². The Hall–Kier alpha value is -0.110. The van der Waals surface area contributed by atoms with Crippen molar-refractivity contribution in [3.63, 3.8) is 0 Å². The molecule has 1 fully saturated rings. The highest BCUT2D eigenvalue weighted by Crippen LogP contribution is 2.28. The van der Waals surface area contributed by atoms with Gasteiger partial charge in [0.2, 0.25) is 0 Å². The van der Waals surface area contributed by atoms with Crippen LogP contribution in [0.3, 0.4) is 0 Å². The zero-order chi connectivity index (χ0) is 10.6. The fraction of sp³-hybridized carbons (Fsp3) is 1.00. The molecule has 0 aliphatic carbocycles. The highest BCUT2D eigenvalue weighted by Gasteiger charge is 2.36. The summed E-state index contributed by atoms with van der Waals surface area (Å²) in [7, 11) is 0. The van der Waals surface area contributed by atoms with Crippen molar-refractivity contribution in [2.45, 2.75) is 64.6 Å². The maximum atomic E-state index is 12.7. The van der Waals surface area contributed by atoms with E-state index < -0.39 is 6.17 Å². The van der Waals surface area contributed by atoms with E-state index in [1.54, 1.807) is 0 Å². The lowest BCUT2D eigenvalue weighted by Gasteiger charge is -2.46. The summed E-state index contributed by atoms with van der Waals surface area (Å²) in [5, 5.41) is 0. The topological polar surface area (TPSA) is 3.24 Å². The van der Waals surface area contributed by atoms with Crippen molar-refractivity contribution >= 4 is 0 Å². The second kappa shape index (κ2) is 5.11. The number of hydrogen-bond donors (Lipinski definition) is 0. The van der Waals surface area contributed by atoms with Gasteiger partial charge in [0.05, 0.1) is 0 Å². The van der Waals surface area contributed by atoms with Crippen molar-refractivity contribution in [3.05, 3.63) is 0 Å². The van der Waals surface area contributed by atoms with Crippen molar-refractivity contribution in [3.8, 4) is 0 Å². The van der Waals surface area contributed by atoms with E-state index in [4.69, 9.17) is 0 Å². The first kappa shape index (κ1) is 12.0. The molecule has 0 amide bonds. The van der Waals surface area contributed by atoms with Gasteiger partial charge in [-0.1, -0.05) is 32.6 Å². The van der Waals surface area contributed by atoms with Gasteiger partial charge in [-0.05, 0) is 20.3 Å². The molecule has 1 heterocycles. The molecule has 84 valence electrons. The van der Waals surface area contributed by atoms with E-state index in [1.807, 2.05) is 0 Å². The van der Waals surface area contributed by atoms with Gasteiger partial charge in [-0.25, -0.2) is 4.39 Å². The van der Waals surface area contributed by atoms with E-state index in [1.165, 1.54) is 32.1 Å². The molecule has 0 unspecified atom stereocenters. The lowest BCUT2D eigenvalue weighted by Crippen LogP contribution is -2.58. The molecule has 1 nitrogen and oxygen atoms in total. The van der Waals surface area contributed by atoms with E-state index in [0.29, 0.717) is 13.1 Å². The second-order valence-electron chi connectivity index (χ2n) is 5.13. The van der Waals surface area contributed by atoms with Gasteiger partial charge in [0, 0.05) is 18.6 Å². The molecule has 0 bridgehead atoms. The standard InChI is InChI=1S/C12H24FN/c1-4-5-6-7-8-12(2,3)14-9-11(13)10-14/h11H,4-10H2,1-3H3. The van der Waals surface area contributed by atoms with Crippen LogP contribution in [0.4, 0.5) is 4.39 Å². The van der Waals surface area contributed by atoms with E-state index in [9.17, 15) is 4.39 Å². The Labute approximate surface area is 87.7 Å². The normalized spacial score (nSPS) is 19.7. The summed E-state index contributed by atoms with van der Waals surface area (Å²) in [6.07, 6.45) is 5.88. The Kier molecular flexibility index (Phi) is 4.36. The molecular formula is C12H24FN. The fourth-order valence-corrected chi connectivity index (χ4v) is 2.06. The van der Waals surface area contributed by atoms with Crippen LogP contribution in [0.5, 0.6) is 0 Å². The number of alkyl halides is 1.